The first-order chi connectivity index (χ1) is 28.2. The van der Waals surface area contributed by atoms with Crippen LogP contribution in [0.4, 0.5) is 0 Å². The zero-order chi connectivity index (χ0) is 42.9. The molecule has 0 aliphatic rings. The van der Waals surface area contributed by atoms with Gasteiger partial charge in [-0.15, -0.1) is 34.9 Å². The van der Waals surface area contributed by atoms with Gasteiger partial charge in [-0.1, -0.05) is 165 Å². The van der Waals surface area contributed by atoms with Crippen molar-refractivity contribution in [1.29, 1.82) is 0 Å². The van der Waals surface area contributed by atoms with Crippen LogP contribution in [0, 0.1) is 13.0 Å². The van der Waals surface area contributed by atoms with E-state index in [2.05, 4.69) is 197 Å². The minimum Gasteiger partial charge on any atom is -0.507 e. The van der Waals surface area contributed by atoms with Crippen LogP contribution in [0.5, 0.6) is 5.75 Å². The van der Waals surface area contributed by atoms with E-state index in [0.29, 0.717) is 11.4 Å². The summed E-state index contributed by atoms with van der Waals surface area (Å²) < 4.78 is 2.34. The van der Waals surface area contributed by atoms with E-state index in [1.807, 2.05) is 24.4 Å². The molecule has 0 saturated carbocycles. The summed E-state index contributed by atoms with van der Waals surface area (Å²) in [7, 11) is 0. The van der Waals surface area contributed by atoms with E-state index in [0.717, 1.165) is 72.0 Å². The quantitative estimate of drug-likeness (QED) is 0.169. The van der Waals surface area contributed by atoms with Gasteiger partial charge in [-0.25, -0.2) is 4.98 Å². The van der Waals surface area contributed by atoms with Crippen LogP contribution in [0.3, 0.4) is 0 Å². The maximum atomic E-state index is 11.8. The van der Waals surface area contributed by atoms with Crippen LogP contribution >= 0.6 is 0 Å². The van der Waals surface area contributed by atoms with Gasteiger partial charge in [-0.3, -0.25) is 4.98 Å². The van der Waals surface area contributed by atoms with Crippen LogP contribution < -0.4 is 0 Å². The van der Waals surface area contributed by atoms with E-state index in [1.165, 1.54) is 11.1 Å². The first-order valence-electron chi connectivity index (χ1n) is 21.2. The van der Waals surface area contributed by atoms with Gasteiger partial charge in [0, 0.05) is 32.8 Å². The molecule has 0 aliphatic heterocycles. The summed E-state index contributed by atoms with van der Waals surface area (Å²) in [6, 6.07) is 47.3. The first-order valence-corrected chi connectivity index (χ1v) is 21.2. The zero-order valence-electron chi connectivity index (χ0n) is 37.7. The summed E-state index contributed by atoms with van der Waals surface area (Å²) in [5.74, 6) is 0.912. The normalized spacial score (nSPS) is 12.5. The Balaban J connectivity index is 0.00000561. The number of nitrogens with zero attached hydrogens (tertiary/aromatic N) is 3. The number of hydrogen-bond acceptors (Lipinski definition) is 3. The summed E-state index contributed by atoms with van der Waals surface area (Å²) >= 11 is 0. The van der Waals surface area contributed by atoms with Crippen molar-refractivity contribution in [3.05, 3.63) is 161 Å². The van der Waals surface area contributed by atoms with Crippen molar-refractivity contribution < 1.29 is 26.2 Å². The molecule has 4 nitrogen and oxygen atoms in total. The van der Waals surface area contributed by atoms with Crippen molar-refractivity contribution in [1.82, 2.24) is 14.5 Å². The predicted molar refractivity (Wildman–Crippen MR) is 253 cm³/mol. The van der Waals surface area contributed by atoms with Crippen LogP contribution in [-0.4, -0.2) is 19.6 Å². The molecule has 8 rings (SSSR count). The number of aromatic nitrogens is 3. The molecule has 0 bridgehead atoms. The molecule has 8 aromatic rings. The van der Waals surface area contributed by atoms with Crippen molar-refractivity contribution in [2.75, 3.05) is 0 Å². The largest absolute Gasteiger partial charge is 0.507 e. The Morgan fingerprint density at radius 3 is 1.74 bits per heavy atom. The molecule has 0 aliphatic carbocycles. The zero-order valence-corrected chi connectivity index (χ0v) is 40.0. The van der Waals surface area contributed by atoms with Gasteiger partial charge < -0.3 is 9.67 Å². The molecule has 2 heterocycles. The number of benzene rings is 6. The average Bonchev–Trinajstić information content (AvgIpc) is 3.59. The van der Waals surface area contributed by atoms with Crippen LogP contribution in [0.15, 0.2) is 128 Å². The number of hydrogen-bond donors (Lipinski definition) is 1. The Morgan fingerprint density at radius 2 is 1.11 bits per heavy atom. The maximum Gasteiger partial charge on any atom is 0.144 e. The van der Waals surface area contributed by atoms with E-state index in [-0.39, 0.29) is 43.1 Å². The molecule has 2 aromatic heterocycles. The summed E-state index contributed by atoms with van der Waals surface area (Å²) in [4.78, 5) is 10.5. The third-order valence-corrected chi connectivity index (χ3v) is 12.2. The van der Waals surface area contributed by atoms with Gasteiger partial charge >= 0.3 is 0 Å². The smallest absolute Gasteiger partial charge is 0.144 e. The number of phenols is 1. The van der Waals surface area contributed by atoms with E-state index in [9.17, 15) is 5.11 Å². The van der Waals surface area contributed by atoms with Gasteiger partial charge in [0.25, 0.3) is 0 Å². The van der Waals surface area contributed by atoms with Crippen molar-refractivity contribution in [3.8, 4) is 50.5 Å². The molecule has 0 amide bonds. The molecule has 0 unspecified atom stereocenters. The fourth-order valence-corrected chi connectivity index (χ4v) is 8.45. The van der Waals surface area contributed by atoms with Crippen molar-refractivity contribution in [2.24, 2.45) is 0 Å². The first kappa shape index (κ1) is 43.8. The second-order valence-corrected chi connectivity index (χ2v) is 20.2. The summed E-state index contributed by atoms with van der Waals surface area (Å²) in [6.45, 7) is 26.8. The van der Waals surface area contributed by atoms with Crippen LogP contribution in [0.25, 0.3) is 66.7 Å². The van der Waals surface area contributed by atoms with Gasteiger partial charge in [0.1, 0.15) is 11.6 Å². The fraction of sp³-hybridized carbons (Fsp3) is 0.286. The van der Waals surface area contributed by atoms with Gasteiger partial charge in [-0.05, 0) is 93.1 Å². The fourth-order valence-electron chi connectivity index (χ4n) is 8.45. The second-order valence-electron chi connectivity index (χ2n) is 20.2. The van der Waals surface area contributed by atoms with Crippen LogP contribution in [-0.2, 0) is 42.8 Å². The third kappa shape index (κ3) is 8.37. The van der Waals surface area contributed by atoms with Crippen LogP contribution in [0.2, 0.25) is 0 Å². The SMILES string of the molecule is Cc1cc(-c2cc(C(C)(C)C)cc3cccnc23)[c-]c(-c2cc(-c3ccc(C(C)(C)C)cc3)cc3c2nc(-c2cc(C(C)(C)C)ccc2O)n3C(C)(C)c2ccccc2)c1.[Pt]. The maximum absolute atomic E-state index is 11.8. The van der Waals surface area contributed by atoms with Gasteiger partial charge in [0.15, 0.2) is 0 Å². The summed E-state index contributed by atoms with van der Waals surface area (Å²) in [6.07, 6.45) is 1.88. The molecule has 1 N–H and O–H groups in total. The van der Waals surface area contributed by atoms with Crippen molar-refractivity contribution >= 4 is 21.9 Å². The van der Waals surface area contributed by atoms with Crippen LogP contribution in [0.1, 0.15) is 104 Å². The Bertz CT molecular complexity index is 2900. The van der Waals surface area contributed by atoms with Gasteiger partial charge in [0.05, 0.1) is 22.1 Å². The number of rotatable bonds is 6. The molecule has 0 saturated heterocycles. The number of fused-ring (bicyclic) bond motifs is 2. The second kappa shape index (κ2) is 15.9. The number of pyridine rings is 1. The van der Waals surface area contributed by atoms with E-state index >= 15 is 0 Å². The molecule has 61 heavy (non-hydrogen) atoms. The third-order valence-electron chi connectivity index (χ3n) is 12.2. The van der Waals surface area contributed by atoms with Crippen molar-refractivity contribution in [3.63, 3.8) is 0 Å². The number of aryl methyl sites for hydroxylation is 1. The van der Waals surface area contributed by atoms with E-state index in [4.69, 9.17) is 9.97 Å². The Hall–Kier alpha value is -5.31. The predicted octanol–water partition coefficient (Wildman–Crippen LogP) is 14.7. The minimum absolute atomic E-state index is 0. The molecule has 314 valence electrons. The van der Waals surface area contributed by atoms with Gasteiger partial charge in [-0.2, -0.15) is 0 Å². The Kier molecular flexibility index (Phi) is 11.4. The van der Waals surface area contributed by atoms with Gasteiger partial charge in [0.2, 0.25) is 0 Å². The number of aromatic hydroxyl groups is 1. The molecule has 0 fully saturated rings. The monoisotopic (exact) mass is 983 g/mol. The summed E-state index contributed by atoms with van der Waals surface area (Å²) in [5, 5.41) is 12.9. The number of imidazole rings is 1. The minimum atomic E-state index is -0.568. The Morgan fingerprint density at radius 1 is 0.525 bits per heavy atom. The molecule has 6 aromatic carbocycles. The molecular weight excluding hydrogens is 926 g/mol. The number of phenolic OH excluding ortho intramolecular Hbond substituents is 1. The standard InChI is InChI=1S/C56H58N3O.Pt/c1-35-27-39(29-40(28-35)46-34-44(55(8,9)10)30-37-17-16-26-57-50(37)46)45-31-38(36-20-22-41(23-21-36)53(2,3)4)32-48-51(45)58-52(47-33-43(54(5,6)7)24-25-49(47)60)59(48)56(11,12)42-18-14-13-15-19-42;/h13-28,30-34,60H,1-12H3;/q-1;. The van der Waals surface area contributed by atoms with Crippen molar-refractivity contribution in [2.45, 2.75) is 105 Å². The van der Waals surface area contributed by atoms with E-state index in [1.54, 1.807) is 0 Å². The summed E-state index contributed by atoms with van der Waals surface area (Å²) in [5.41, 5.74) is 14.9. The topological polar surface area (TPSA) is 50.9 Å². The molecule has 0 spiro atoms. The molecule has 0 radical (unpaired) electrons. The Labute approximate surface area is 377 Å². The molecular formula is C56H58N3OPt-. The average molecular weight is 984 g/mol. The molecule has 5 heteroatoms. The molecule has 0 atom stereocenters. The van der Waals surface area contributed by atoms with E-state index < -0.39 is 5.54 Å².